The molecule has 0 aliphatic rings. The molecule has 0 aromatic heterocycles. The summed E-state index contributed by atoms with van der Waals surface area (Å²) < 4.78 is 14.6. The molecule has 0 aromatic rings. The van der Waals surface area contributed by atoms with Crippen molar-refractivity contribution in [3.05, 3.63) is 0 Å². The zero-order valence-corrected chi connectivity index (χ0v) is 8.67. The molecule has 0 saturated heterocycles. The van der Waals surface area contributed by atoms with Crippen LogP contribution in [0.1, 0.15) is 0 Å². The first-order valence-electron chi connectivity index (χ1n) is 2.29. The summed E-state index contributed by atoms with van der Waals surface area (Å²) in [6.45, 7) is 0. The molecule has 0 fully saturated rings. The molecule has 0 aliphatic carbocycles. The van der Waals surface area contributed by atoms with Gasteiger partial charge in [-0.2, -0.15) is 0 Å². The molecular formula is C4H14HfN. The molecule has 0 rings (SSSR count). The molecule has 0 saturated carbocycles. The van der Waals surface area contributed by atoms with Crippen LogP contribution >= 0.6 is 0 Å². The Morgan fingerprint density at radius 1 is 1.00 bits per heavy atom. The van der Waals surface area contributed by atoms with Crippen LogP contribution in [-0.2, 0) is 18.8 Å². The Morgan fingerprint density at radius 3 is 1.00 bits per heavy atom. The number of nitrogens with two attached hydrogens (primary N) is 1. The van der Waals surface area contributed by atoms with E-state index < -0.39 is 18.8 Å². The van der Waals surface area contributed by atoms with Gasteiger partial charge in [0.25, 0.3) is 0 Å². The van der Waals surface area contributed by atoms with Crippen molar-refractivity contribution in [3.8, 4) is 0 Å². The van der Waals surface area contributed by atoms with Crippen LogP contribution in [0.3, 0.4) is 0 Å². The zero-order valence-electron chi connectivity index (χ0n) is 5.08. The van der Waals surface area contributed by atoms with Crippen LogP contribution in [0.5, 0.6) is 0 Å². The van der Waals surface area contributed by atoms with Crippen LogP contribution in [0.2, 0.25) is 18.7 Å². The van der Waals surface area contributed by atoms with E-state index in [4.69, 9.17) is 3.72 Å². The fraction of sp³-hybridized carbons (Fsp3) is 1.00. The van der Waals surface area contributed by atoms with E-state index in [1.165, 1.54) is 0 Å². The van der Waals surface area contributed by atoms with Gasteiger partial charge in [-0.1, -0.05) is 0 Å². The van der Waals surface area contributed by atoms with Gasteiger partial charge in [0.1, 0.15) is 0 Å². The third-order valence-corrected chi connectivity index (χ3v) is 0. The summed E-state index contributed by atoms with van der Waals surface area (Å²) in [6.07, 6.45) is 0. The van der Waals surface area contributed by atoms with E-state index in [0.29, 0.717) is 0 Å². The molecule has 0 aromatic carbocycles. The minimum atomic E-state index is -2.35. The Balaban J connectivity index is 3.73. The van der Waals surface area contributed by atoms with Gasteiger partial charge in [-0.15, -0.1) is 0 Å². The monoisotopic (exact) mass is 256 g/mol. The second-order valence-corrected chi connectivity index (χ2v) is 34.0. The number of hydrogen-bond acceptors (Lipinski definition) is 1. The van der Waals surface area contributed by atoms with Crippen molar-refractivity contribution >= 4 is 0 Å². The second-order valence-electron chi connectivity index (χ2n) is 4.15. The van der Waals surface area contributed by atoms with E-state index in [1.54, 1.807) is 0 Å². The molecule has 0 heterocycles. The molecule has 6 heavy (non-hydrogen) atoms. The molecule has 2 heteroatoms. The van der Waals surface area contributed by atoms with Gasteiger partial charge in [0.15, 0.2) is 0 Å². The SMILES string of the molecule is [CH3][Hf]([CH3])([CH3])([CH3])[NH2]. The van der Waals surface area contributed by atoms with Crippen LogP contribution in [0.25, 0.3) is 0 Å². The van der Waals surface area contributed by atoms with Crippen molar-refractivity contribution < 1.29 is 18.8 Å². The topological polar surface area (TPSA) is 26.0 Å². The molecule has 0 amide bonds. The summed E-state index contributed by atoms with van der Waals surface area (Å²) >= 11 is -2.35. The Morgan fingerprint density at radius 2 is 1.00 bits per heavy atom. The van der Waals surface area contributed by atoms with E-state index in [0.717, 1.165) is 0 Å². The van der Waals surface area contributed by atoms with Gasteiger partial charge in [0.05, 0.1) is 0 Å². The van der Waals surface area contributed by atoms with Gasteiger partial charge in [0, 0.05) is 0 Å². The first kappa shape index (κ1) is 6.83. The third-order valence-electron chi connectivity index (χ3n) is 0. The molecule has 0 atom stereocenters. The Bertz CT molecular complexity index is 40.7. The van der Waals surface area contributed by atoms with Crippen molar-refractivity contribution in [1.82, 2.24) is 0 Å². The molecule has 39 valence electrons. The van der Waals surface area contributed by atoms with Gasteiger partial charge >= 0.3 is 41.2 Å². The fourth-order valence-electron chi connectivity index (χ4n) is 0. The second kappa shape index (κ2) is 1.16. The molecule has 2 N–H and O–H groups in total. The minimum absolute atomic E-state index is 2.21. The van der Waals surface area contributed by atoms with Crippen molar-refractivity contribution in [2.75, 3.05) is 0 Å². The third kappa shape index (κ3) is 103. The quantitative estimate of drug-likeness (QED) is 0.655. The van der Waals surface area contributed by atoms with Crippen molar-refractivity contribution in [2.24, 2.45) is 3.72 Å². The van der Waals surface area contributed by atoms with E-state index in [2.05, 4.69) is 18.7 Å². The summed E-state index contributed by atoms with van der Waals surface area (Å²) in [5.74, 6) is 0. The predicted molar refractivity (Wildman–Crippen MR) is 27.6 cm³/mol. The summed E-state index contributed by atoms with van der Waals surface area (Å²) in [6, 6.07) is 0. The van der Waals surface area contributed by atoms with Gasteiger partial charge < -0.3 is 0 Å². The van der Waals surface area contributed by atoms with Crippen molar-refractivity contribution in [1.29, 1.82) is 0 Å². The predicted octanol–water partition coefficient (Wildman–Crippen LogP) is 1.74. The Labute approximate surface area is 41.4 Å². The maximum absolute atomic E-state index is 5.82. The average Bonchev–Trinajstić information content (AvgIpc) is 0.650. The standard InChI is InChI=1S/4CH3.Hf.H2N/h4*1H3;;1H2/q;;;;+1;-1. The molecule has 0 radical (unpaired) electrons. The van der Waals surface area contributed by atoms with E-state index in [-0.39, 0.29) is 0 Å². The fourth-order valence-corrected chi connectivity index (χ4v) is 0. The summed E-state index contributed by atoms with van der Waals surface area (Å²) in [4.78, 5) is 0. The van der Waals surface area contributed by atoms with Gasteiger partial charge in [0.2, 0.25) is 0 Å². The first-order valence-corrected chi connectivity index (χ1v) is 18.7. The average molecular weight is 255 g/mol. The summed E-state index contributed by atoms with van der Waals surface area (Å²) in [7, 11) is 0. The summed E-state index contributed by atoms with van der Waals surface area (Å²) in [5, 5.41) is 0. The molecular weight excluding hydrogens is 241 g/mol. The van der Waals surface area contributed by atoms with E-state index >= 15 is 0 Å². The van der Waals surface area contributed by atoms with E-state index in [1.807, 2.05) is 0 Å². The van der Waals surface area contributed by atoms with Crippen LogP contribution < -0.4 is 3.72 Å². The summed E-state index contributed by atoms with van der Waals surface area (Å²) in [5.41, 5.74) is 0. The molecule has 1 nitrogen and oxygen atoms in total. The van der Waals surface area contributed by atoms with Crippen LogP contribution in [0.15, 0.2) is 0 Å². The molecule has 0 bridgehead atoms. The molecule has 0 spiro atoms. The number of hydrogen-bond donors (Lipinski definition) is 1. The Hall–Kier alpha value is 0.830. The van der Waals surface area contributed by atoms with Crippen LogP contribution in [0, 0.1) is 0 Å². The van der Waals surface area contributed by atoms with Crippen LogP contribution in [0.4, 0.5) is 0 Å². The zero-order chi connectivity index (χ0) is 5.45. The van der Waals surface area contributed by atoms with Crippen LogP contribution in [-0.4, -0.2) is 0 Å². The first-order chi connectivity index (χ1) is 2.24. The molecule has 0 aliphatic heterocycles. The van der Waals surface area contributed by atoms with Gasteiger partial charge in [-0.25, -0.2) is 0 Å². The van der Waals surface area contributed by atoms with Crippen molar-refractivity contribution in [2.45, 2.75) is 18.7 Å². The number of rotatable bonds is 0. The van der Waals surface area contributed by atoms with Crippen molar-refractivity contribution in [3.63, 3.8) is 0 Å². The Kier molecular flexibility index (Phi) is 1.32. The van der Waals surface area contributed by atoms with E-state index in [9.17, 15) is 0 Å². The van der Waals surface area contributed by atoms with Gasteiger partial charge in [-0.3, -0.25) is 0 Å². The van der Waals surface area contributed by atoms with Gasteiger partial charge in [-0.05, 0) is 0 Å². The molecule has 0 unspecified atom stereocenters. The normalized spacial score (nSPS) is 19.2. The maximum atomic E-state index is 5.82.